The zero-order valence-electron chi connectivity index (χ0n) is 11.3. The second-order valence-electron chi connectivity index (χ2n) is 4.85. The van der Waals surface area contributed by atoms with E-state index in [2.05, 4.69) is 5.32 Å². The van der Waals surface area contributed by atoms with Crippen LogP contribution in [0.4, 0.5) is 10.5 Å². The summed E-state index contributed by atoms with van der Waals surface area (Å²) in [5.41, 5.74) is 0.138. The van der Waals surface area contributed by atoms with E-state index in [0.29, 0.717) is 10.6 Å². The first-order valence-electron chi connectivity index (χ1n) is 5.64. The van der Waals surface area contributed by atoms with E-state index in [0.717, 1.165) is 0 Å². The van der Waals surface area contributed by atoms with E-state index in [9.17, 15) is 9.59 Å². The van der Waals surface area contributed by atoms with Gasteiger partial charge >= 0.3 is 12.1 Å². The standard InChI is InChI=1S/C13H17NO4S/c1-13(2,3)18-12(17)14-8-5-6-9(11(15)16)10(7-8)19-4/h5-7H,1-4H3,(H,14,17)(H,15,16). The molecule has 1 aromatic rings. The van der Waals surface area contributed by atoms with Crippen LogP contribution in [0.5, 0.6) is 0 Å². The summed E-state index contributed by atoms with van der Waals surface area (Å²) in [6.45, 7) is 5.31. The number of hydrogen-bond acceptors (Lipinski definition) is 4. The zero-order valence-corrected chi connectivity index (χ0v) is 12.1. The van der Waals surface area contributed by atoms with Gasteiger partial charge in [0.15, 0.2) is 0 Å². The fourth-order valence-electron chi connectivity index (χ4n) is 1.37. The van der Waals surface area contributed by atoms with Crippen molar-refractivity contribution in [2.45, 2.75) is 31.3 Å². The second-order valence-corrected chi connectivity index (χ2v) is 5.70. The lowest BCUT2D eigenvalue weighted by atomic mass is 10.2. The Bertz CT molecular complexity index is 494. The Morgan fingerprint density at radius 1 is 1.32 bits per heavy atom. The molecule has 1 amide bonds. The van der Waals surface area contributed by atoms with Gasteiger partial charge in [0.1, 0.15) is 5.60 Å². The molecule has 0 spiro atoms. The maximum absolute atomic E-state index is 11.6. The highest BCUT2D eigenvalue weighted by molar-refractivity contribution is 7.98. The quantitative estimate of drug-likeness (QED) is 0.831. The highest BCUT2D eigenvalue weighted by Gasteiger charge is 2.17. The summed E-state index contributed by atoms with van der Waals surface area (Å²) in [6.07, 6.45) is 1.21. The summed E-state index contributed by atoms with van der Waals surface area (Å²) in [7, 11) is 0. The van der Waals surface area contributed by atoms with Crippen LogP contribution in [0.15, 0.2) is 23.1 Å². The van der Waals surface area contributed by atoms with E-state index >= 15 is 0 Å². The third-order valence-electron chi connectivity index (χ3n) is 2.08. The number of hydrogen-bond donors (Lipinski definition) is 2. The van der Waals surface area contributed by atoms with E-state index in [1.807, 2.05) is 0 Å². The van der Waals surface area contributed by atoms with E-state index < -0.39 is 17.7 Å². The number of carbonyl (C=O) groups excluding carboxylic acids is 1. The SMILES string of the molecule is CSc1cc(NC(=O)OC(C)(C)C)ccc1C(=O)O. The van der Waals surface area contributed by atoms with Crippen LogP contribution < -0.4 is 5.32 Å². The highest BCUT2D eigenvalue weighted by atomic mass is 32.2. The molecule has 0 bridgehead atoms. The molecule has 0 aliphatic heterocycles. The molecule has 0 aliphatic carbocycles. The molecule has 0 fully saturated rings. The summed E-state index contributed by atoms with van der Waals surface area (Å²) in [6, 6.07) is 4.60. The predicted octanol–water partition coefficient (Wildman–Crippen LogP) is 3.45. The van der Waals surface area contributed by atoms with Gasteiger partial charge in [-0.1, -0.05) is 0 Å². The third-order valence-corrected chi connectivity index (χ3v) is 2.85. The number of nitrogens with one attached hydrogen (secondary N) is 1. The van der Waals surface area contributed by atoms with Crippen molar-refractivity contribution >= 4 is 29.5 Å². The van der Waals surface area contributed by atoms with Gasteiger partial charge < -0.3 is 9.84 Å². The summed E-state index contributed by atoms with van der Waals surface area (Å²) in [4.78, 5) is 23.2. The van der Waals surface area contributed by atoms with Gasteiger partial charge in [-0.05, 0) is 45.2 Å². The molecule has 6 heteroatoms. The minimum atomic E-state index is -0.992. The maximum Gasteiger partial charge on any atom is 0.412 e. The predicted molar refractivity (Wildman–Crippen MR) is 75.0 cm³/mol. The number of ether oxygens (including phenoxy) is 1. The molecule has 0 aliphatic rings. The van der Waals surface area contributed by atoms with Crippen molar-refractivity contribution in [3.05, 3.63) is 23.8 Å². The number of anilines is 1. The number of carboxylic acids is 1. The van der Waals surface area contributed by atoms with Crippen LogP contribution in [0.25, 0.3) is 0 Å². The Morgan fingerprint density at radius 3 is 2.42 bits per heavy atom. The van der Waals surface area contributed by atoms with Crippen molar-refractivity contribution < 1.29 is 19.4 Å². The first-order valence-corrected chi connectivity index (χ1v) is 6.87. The van der Waals surface area contributed by atoms with Crippen LogP contribution in [0.3, 0.4) is 0 Å². The van der Waals surface area contributed by atoms with Crippen LogP contribution in [0.1, 0.15) is 31.1 Å². The molecular weight excluding hydrogens is 266 g/mol. The lowest BCUT2D eigenvalue weighted by molar-refractivity contribution is 0.0634. The molecular formula is C13H17NO4S. The minimum Gasteiger partial charge on any atom is -0.478 e. The van der Waals surface area contributed by atoms with Crippen molar-refractivity contribution in [3.8, 4) is 0 Å². The Morgan fingerprint density at radius 2 is 1.95 bits per heavy atom. The Labute approximate surface area is 116 Å². The number of benzene rings is 1. The first-order chi connectivity index (χ1) is 8.73. The summed E-state index contributed by atoms with van der Waals surface area (Å²) in [5, 5.41) is 11.6. The second kappa shape index (κ2) is 5.97. The van der Waals surface area contributed by atoms with Gasteiger partial charge in [-0.25, -0.2) is 9.59 Å². The molecule has 0 radical (unpaired) electrons. The fraction of sp³-hybridized carbons (Fsp3) is 0.385. The summed E-state index contributed by atoms with van der Waals surface area (Å²) in [5.74, 6) is -0.992. The smallest absolute Gasteiger partial charge is 0.412 e. The fourth-order valence-corrected chi connectivity index (χ4v) is 1.99. The molecule has 19 heavy (non-hydrogen) atoms. The Balaban J connectivity index is 2.86. The molecule has 0 heterocycles. The molecule has 0 atom stereocenters. The number of amides is 1. The lowest BCUT2D eigenvalue weighted by Gasteiger charge is -2.19. The molecule has 0 aromatic heterocycles. The van der Waals surface area contributed by atoms with Gasteiger partial charge in [-0.15, -0.1) is 11.8 Å². The van der Waals surface area contributed by atoms with Crippen molar-refractivity contribution in [2.75, 3.05) is 11.6 Å². The maximum atomic E-state index is 11.6. The highest BCUT2D eigenvalue weighted by Crippen LogP contribution is 2.24. The van der Waals surface area contributed by atoms with Crippen LogP contribution >= 0.6 is 11.8 Å². The lowest BCUT2D eigenvalue weighted by Crippen LogP contribution is -2.27. The third kappa shape index (κ3) is 4.82. The van der Waals surface area contributed by atoms with Crippen LogP contribution in [-0.2, 0) is 4.74 Å². The topological polar surface area (TPSA) is 75.6 Å². The summed E-state index contributed by atoms with van der Waals surface area (Å²) < 4.78 is 5.12. The molecule has 5 nitrogen and oxygen atoms in total. The molecule has 1 rings (SSSR count). The van der Waals surface area contributed by atoms with E-state index in [-0.39, 0.29) is 5.56 Å². The van der Waals surface area contributed by atoms with Crippen molar-refractivity contribution in [3.63, 3.8) is 0 Å². The normalized spacial score (nSPS) is 10.9. The Kier molecular flexibility index (Phi) is 4.83. The van der Waals surface area contributed by atoms with E-state index in [1.54, 1.807) is 33.1 Å². The molecule has 104 valence electrons. The molecule has 0 saturated carbocycles. The zero-order chi connectivity index (χ0) is 14.6. The number of carbonyl (C=O) groups is 2. The largest absolute Gasteiger partial charge is 0.478 e. The van der Waals surface area contributed by atoms with Crippen molar-refractivity contribution in [2.24, 2.45) is 0 Å². The molecule has 0 saturated heterocycles. The van der Waals surface area contributed by atoms with Gasteiger partial charge in [-0.3, -0.25) is 5.32 Å². The molecule has 2 N–H and O–H groups in total. The average molecular weight is 283 g/mol. The van der Waals surface area contributed by atoms with Gasteiger partial charge in [0, 0.05) is 10.6 Å². The van der Waals surface area contributed by atoms with Crippen molar-refractivity contribution in [1.29, 1.82) is 0 Å². The Hall–Kier alpha value is -1.69. The number of rotatable bonds is 3. The number of thioether (sulfide) groups is 1. The summed E-state index contributed by atoms with van der Waals surface area (Å²) >= 11 is 1.31. The van der Waals surface area contributed by atoms with E-state index in [1.165, 1.54) is 23.9 Å². The number of carboxylic acid groups (broad SMARTS) is 1. The van der Waals surface area contributed by atoms with E-state index in [4.69, 9.17) is 9.84 Å². The van der Waals surface area contributed by atoms with Gasteiger partial charge in [0.25, 0.3) is 0 Å². The van der Waals surface area contributed by atoms with Gasteiger partial charge in [-0.2, -0.15) is 0 Å². The molecule has 1 aromatic carbocycles. The monoisotopic (exact) mass is 283 g/mol. The van der Waals surface area contributed by atoms with Crippen LogP contribution in [0, 0.1) is 0 Å². The van der Waals surface area contributed by atoms with Gasteiger partial charge in [0.05, 0.1) is 5.56 Å². The van der Waals surface area contributed by atoms with Crippen LogP contribution in [-0.4, -0.2) is 29.0 Å². The van der Waals surface area contributed by atoms with Gasteiger partial charge in [0.2, 0.25) is 0 Å². The molecule has 0 unspecified atom stereocenters. The first kappa shape index (κ1) is 15.4. The van der Waals surface area contributed by atoms with Crippen LogP contribution in [0.2, 0.25) is 0 Å². The van der Waals surface area contributed by atoms with Crippen molar-refractivity contribution in [1.82, 2.24) is 0 Å². The number of aromatic carboxylic acids is 1. The minimum absolute atomic E-state index is 0.210. The average Bonchev–Trinajstić information content (AvgIpc) is 2.25.